The van der Waals surface area contributed by atoms with E-state index in [-0.39, 0.29) is 24.2 Å². The summed E-state index contributed by atoms with van der Waals surface area (Å²) in [7, 11) is 3.09. The number of ether oxygens (including phenoxy) is 1. The first-order valence-corrected chi connectivity index (χ1v) is 7.15. The van der Waals surface area contributed by atoms with E-state index >= 15 is 0 Å². The van der Waals surface area contributed by atoms with E-state index in [1.165, 1.54) is 12.0 Å². The highest BCUT2D eigenvalue weighted by molar-refractivity contribution is 7.99. The van der Waals surface area contributed by atoms with Gasteiger partial charge in [-0.25, -0.2) is 0 Å². The molecule has 0 saturated heterocycles. The number of hydrogen-bond donors (Lipinski definition) is 0. The molecule has 1 atom stereocenters. The standard InChI is InChI=1S/C14H17NO3S/c1-15(8-7-13(16)18-2)14(17)11-9-19-12-6-4-3-5-10(11)12/h3-6,11H,7-9H2,1-2H3. The molecule has 0 bridgehead atoms. The third kappa shape index (κ3) is 3.10. The number of rotatable bonds is 4. The first-order chi connectivity index (χ1) is 9.13. The minimum Gasteiger partial charge on any atom is -0.469 e. The second kappa shape index (κ2) is 6.10. The normalized spacial score (nSPS) is 16.8. The number of nitrogens with zero attached hydrogens (tertiary/aromatic N) is 1. The van der Waals surface area contributed by atoms with Crippen LogP contribution in [0, 0.1) is 0 Å². The van der Waals surface area contributed by atoms with Crippen LogP contribution < -0.4 is 0 Å². The number of carbonyl (C=O) groups excluding carboxylic acids is 2. The molecule has 1 aromatic rings. The highest BCUT2D eigenvalue weighted by Crippen LogP contribution is 2.39. The molecule has 1 aliphatic heterocycles. The van der Waals surface area contributed by atoms with Gasteiger partial charge in [0, 0.05) is 24.2 Å². The summed E-state index contributed by atoms with van der Waals surface area (Å²) in [6.07, 6.45) is 0.236. The number of carbonyl (C=O) groups is 2. The number of benzene rings is 1. The Morgan fingerprint density at radius 2 is 2.16 bits per heavy atom. The Morgan fingerprint density at radius 3 is 2.89 bits per heavy atom. The molecule has 1 unspecified atom stereocenters. The second-order valence-electron chi connectivity index (χ2n) is 4.49. The minimum atomic E-state index is -0.291. The monoisotopic (exact) mass is 279 g/mol. The maximum atomic E-state index is 12.4. The quantitative estimate of drug-likeness (QED) is 0.790. The lowest BCUT2D eigenvalue weighted by Crippen LogP contribution is -2.33. The fourth-order valence-electron chi connectivity index (χ4n) is 2.10. The van der Waals surface area contributed by atoms with Crippen molar-refractivity contribution in [3.05, 3.63) is 29.8 Å². The molecule has 1 aliphatic rings. The van der Waals surface area contributed by atoms with Gasteiger partial charge in [0.2, 0.25) is 5.91 Å². The maximum Gasteiger partial charge on any atom is 0.307 e. The molecule has 5 heteroatoms. The number of thioether (sulfide) groups is 1. The van der Waals surface area contributed by atoms with Crippen molar-refractivity contribution in [1.29, 1.82) is 0 Å². The zero-order valence-corrected chi connectivity index (χ0v) is 11.9. The van der Waals surface area contributed by atoms with Crippen molar-refractivity contribution in [2.24, 2.45) is 0 Å². The molecule has 0 N–H and O–H groups in total. The predicted molar refractivity (Wildman–Crippen MR) is 74.2 cm³/mol. The van der Waals surface area contributed by atoms with E-state index in [1.807, 2.05) is 24.3 Å². The summed E-state index contributed by atoms with van der Waals surface area (Å²) in [5.74, 6) is 0.465. The molecular formula is C14H17NO3S. The first kappa shape index (κ1) is 13.9. The number of likely N-dealkylation sites (N-methyl/N-ethyl adjacent to an activating group) is 1. The highest BCUT2D eigenvalue weighted by atomic mass is 32.2. The molecule has 0 aliphatic carbocycles. The zero-order valence-electron chi connectivity index (χ0n) is 11.1. The molecule has 0 spiro atoms. The lowest BCUT2D eigenvalue weighted by Gasteiger charge is -2.20. The number of esters is 1. The van der Waals surface area contributed by atoms with Crippen LogP contribution in [0.3, 0.4) is 0 Å². The Morgan fingerprint density at radius 1 is 1.42 bits per heavy atom. The van der Waals surface area contributed by atoms with Gasteiger partial charge < -0.3 is 9.64 Å². The number of methoxy groups -OCH3 is 1. The number of hydrogen-bond acceptors (Lipinski definition) is 4. The fraction of sp³-hybridized carbons (Fsp3) is 0.429. The third-order valence-electron chi connectivity index (χ3n) is 3.25. The Bertz CT molecular complexity index is 489. The summed E-state index contributed by atoms with van der Waals surface area (Å²) in [6.45, 7) is 0.398. The molecule has 0 radical (unpaired) electrons. The van der Waals surface area contributed by atoms with E-state index in [0.29, 0.717) is 6.54 Å². The van der Waals surface area contributed by atoms with Crippen molar-refractivity contribution >= 4 is 23.6 Å². The second-order valence-corrected chi connectivity index (χ2v) is 5.55. The fourth-order valence-corrected chi connectivity index (χ4v) is 3.32. The number of fused-ring (bicyclic) bond motifs is 1. The summed E-state index contributed by atoms with van der Waals surface area (Å²) in [5.41, 5.74) is 1.10. The van der Waals surface area contributed by atoms with Gasteiger partial charge in [0.05, 0.1) is 19.4 Å². The molecular weight excluding hydrogens is 262 g/mol. The van der Waals surface area contributed by atoms with Crippen LogP contribution in [0.2, 0.25) is 0 Å². The summed E-state index contributed by atoms with van der Waals surface area (Å²) in [4.78, 5) is 26.3. The average molecular weight is 279 g/mol. The van der Waals surface area contributed by atoms with Gasteiger partial charge in [0.1, 0.15) is 0 Å². The number of amides is 1. The van der Waals surface area contributed by atoms with Crippen LogP contribution in [0.4, 0.5) is 0 Å². The van der Waals surface area contributed by atoms with Crippen molar-refractivity contribution < 1.29 is 14.3 Å². The summed E-state index contributed by atoms with van der Waals surface area (Å²) in [6, 6.07) is 7.99. The van der Waals surface area contributed by atoms with E-state index in [1.54, 1.807) is 23.7 Å². The van der Waals surface area contributed by atoms with E-state index in [4.69, 9.17) is 0 Å². The van der Waals surface area contributed by atoms with E-state index in [0.717, 1.165) is 11.3 Å². The van der Waals surface area contributed by atoms with Crippen molar-refractivity contribution in [2.75, 3.05) is 26.5 Å². The van der Waals surface area contributed by atoms with Crippen molar-refractivity contribution in [2.45, 2.75) is 17.2 Å². The van der Waals surface area contributed by atoms with Crippen LogP contribution in [0.5, 0.6) is 0 Å². The minimum absolute atomic E-state index is 0.0707. The highest BCUT2D eigenvalue weighted by Gasteiger charge is 2.30. The Kier molecular flexibility index (Phi) is 4.47. The lowest BCUT2D eigenvalue weighted by atomic mass is 10.00. The van der Waals surface area contributed by atoms with Crippen LogP contribution in [0.1, 0.15) is 17.9 Å². The molecule has 0 saturated carbocycles. The Labute approximate surface area is 117 Å². The van der Waals surface area contributed by atoms with Crippen molar-refractivity contribution in [3.63, 3.8) is 0 Å². The molecule has 19 heavy (non-hydrogen) atoms. The molecule has 102 valence electrons. The molecule has 1 amide bonds. The Balaban J connectivity index is 1.99. The van der Waals surface area contributed by atoms with Crippen LogP contribution in [0.25, 0.3) is 0 Å². The van der Waals surface area contributed by atoms with Crippen LogP contribution >= 0.6 is 11.8 Å². The van der Waals surface area contributed by atoms with Gasteiger partial charge in [0.15, 0.2) is 0 Å². The smallest absolute Gasteiger partial charge is 0.307 e. The van der Waals surface area contributed by atoms with Gasteiger partial charge in [-0.1, -0.05) is 18.2 Å². The first-order valence-electron chi connectivity index (χ1n) is 6.17. The topological polar surface area (TPSA) is 46.6 Å². The maximum absolute atomic E-state index is 12.4. The van der Waals surface area contributed by atoms with E-state index in [9.17, 15) is 9.59 Å². The summed E-state index contributed by atoms with van der Waals surface area (Å²) in [5, 5.41) is 0. The van der Waals surface area contributed by atoms with Crippen LogP contribution in [-0.4, -0.2) is 43.2 Å². The Hall–Kier alpha value is -1.49. The molecule has 1 heterocycles. The third-order valence-corrected chi connectivity index (χ3v) is 4.44. The molecule has 0 fully saturated rings. The van der Waals surface area contributed by atoms with Gasteiger partial charge in [-0.2, -0.15) is 0 Å². The van der Waals surface area contributed by atoms with Gasteiger partial charge in [-0.15, -0.1) is 11.8 Å². The van der Waals surface area contributed by atoms with Gasteiger partial charge >= 0.3 is 5.97 Å². The van der Waals surface area contributed by atoms with Crippen LogP contribution in [0.15, 0.2) is 29.2 Å². The van der Waals surface area contributed by atoms with Gasteiger partial charge in [0.25, 0.3) is 0 Å². The molecule has 2 rings (SSSR count). The largest absolute Gasteiger partial charge is 0.469 e. The molecule has 4 nitrogen and oxygen atoms in total. The van der Waals surface area contributed by atoms with Gasteiger partial charge in [-0.05, 0) is 11.6 Å². The SMILES string of the molecule is COC(=O)CCN(C)C(=O)C1CSc2ccccc21. The lowest BCUT2D eigenvalue weighted by molar-refractivity contribution is -0.141. The van der Waals surface area contributed by atoms with Crippen molar-refractivity contribution in [1.82, 2.24) is 4.90 Å². The van der Waals surface area contributed by atoms with E-state index in [2.05, 4.69) is 4.74 Å². The van der Waals surface area contributed by atoms with Crippen LogP contribution in [-0.2, 0) is 14.3 Å². The van der Waals surface area contributed by atoms with Crippen molar-refractivity contribution in [3.8, 4) is 0 Å². The predicted octanol–water partition coefficient (Wildman–Crippen LogP) is 1.90. The van der Waals surface area contributed by atoms with E-state index < -0.39 is 0 Å². The molecule has 0 aromatic heterocycles. The summed E-state index contributed by atoms with van der Waals surface area (Å²) < 4.78 is 4.58. The average Bonchev–Trinajstić information content (AvgIpc) is 2.87. The van der Waals surface area contributed by atoms with Gasteiger partial charge in [-0.3, -0.25) is 9.59 Å². The molecule has 1 aromatic carbocycles. The summed E-state index contributed by atoms with van der Waals surface area (Å²) >= 11 is 1.71. The zero-order chi connectivity index (χ0) is 13.8.